The second-order valence-corrected chi connectivity index (χ2v) is 3.62. The number of nitrogens with one attached hydrogen (secondary N) is 1. The van der Waals surface area contributed by atoms with Crippen molar-refractivity contribution < 1.29 is 9.94 Å². The minimum atomic E-state index is 0. The fourth-order valence-corrected chi connectivity index (χ4v) is 1.43. The zero-order valence-electron chi connectivity index (χ0n) is 9.67. The molecule has 2 aromatic rings. The van der Waals surface area contributed by atoms with E-state index in [9.17, 15) is 5.11 Å². The van der Waals surface area contributed by atoms with Crippen LogP contribution in [0.4, 0.5) is 5.69 Å². The summed E-state index contributed by atoms with van der Waals surface area (Å²) in [5, 5.41) is 9.58. The number of hydrogen-bond donors (Lipinski definition) is 3. The lowest BCUT2D eigenvalue weighted by atomic mass is 10.2. The molecule has 0 aliphatic carbocycles. The number of anilines is 1. The molecule has 0 aliphatic rings. The lowest BCUT2D eigenvalue weighted by molar-refractivity contribution is 0.189. The third kappa shape index (κ3) is 3.84. The van der Waals surface area contributed by atoms with Gasteiger partial charge in [-0.15, -0.1) is 12.4 Å². The molecule has 0 spiro atoms. The van der Waals surface area contributed by atoms with Crippen LogP contribution in [0, 0.1) is 0 Å². The largest absolute Gasteiger partial charge is 0.508 e. The van der Waals surface area contributed by atoms with Crippen molar-refractivity contribution in [3.63, 3.8) is 0 Å². The van der Waals surface area contributed by atoms with Gasteiger partial charge >= 0.3 is 0 Å². The monoisotopic (exact) mass is 266 g/mol. The first-order valence-corrected chi connectivity index (χ1v) is 5.28. The molecule has 0 saturated carbocycles. The molecule has 2 rings (SSSR count). The Hall–Kier alpha value is -1.91. The van der Waals surface area contributed by atoms with Gasteiger partial charge < -0.3 is 15.7 Å². The van der Waals surface area contributed by atoms with Crippen LogP contribution in [0.3, 0.4) is 0 Å². The molecule has 5 heteroatoms. The standard InChI is InChI=1S/C13H14N2O2.ClH/c14-11-6-7-13(16)10(8-11)9-15-17-12-4-2-1-3-5-12;/h1-8,15-16H,9,14H2;1H. The van der Waals surface area contributed by atoms with Gasteiger partial charge in [-0.2, -0.15) is 5.48 Å². The van der Waals surface area contributed by atoms with E-state index in [2.05, 4.69) is 5.48 Å². The van der Waals surface area contributed by atoms with E-state index in [1.165, 1.54) is 0 Å². The molecule has 4 N–H and O–H groups in total. The van der Waals surface area contributed by atoms with Crippen LogP contribution >= 0.6 is 12.4 Å². The molecule has 0 amide bonds. The summed E-state index contributed by atoms with van der Waals surface area (Å²) in [7, 11) is 0. The van der Waals surface area contributed by atoms with Gasteiger partial charge in [0, 0.05) is 11.3 Å². The number of hydrogen-bond acceptors (Lipinski definition) is 4. The molecule has 2 aromatic carbocycles. The third-order valence-corrected chi connectivity index (χ3v) is 2.30. The molecule has 0 saturated heterocycles. The average Bonchev–Trinajstić information content (AvgIpc) is 2.35. The fourth-order valence-electron chi connectivity index (χ4n) is 1.43. The predicted molar refractivity (Wildman–Crippen MR) is 73.7 cm³/mol. The van der Waals surface area contributed by atoms with E-state index < -0.39 is 0 Å². The number of nitrogen functional groups attached to an aromatic ring is 1. The molecule has 0 radical (unpaired) electrons. The second kappa shape index (κ2) is 6.74. The molecule has 0 heterocycles. The maximum atomic E-state index is 9.58. The van der Waals surface area contributed by atoms with Crippen molar-refractivity contribution in [2.45, 2.75) is 6.54 Å². The number of hydroxylamine groups is 1. The van der Waals surface area contributed by atoms with E-state index >= 15 is 0 Å². The molecule has 0 bridgehead atoms. The highest BCUT2D eigenvalue weighted by Crippen LogP contribution is 2.19. The number of rotatable bonds is 4. The van der Waals surface area contributed by atoms with Crippen LogP contribution in [0.2, 0.25) is 0 Å². The molecule has 0 aromatic heterocycles. The molecule has 4 nitrogen and oxygen atoms in total. The summed E-state index contributed by atoms with van der Waals surface area (Å²) in [6.07, 6.45) is 0. The fraction of sp³-hybridized carbons (Fsp3) is 0.0769. The van der Waals surface area contributed by atoms with Crippen LogP contribution in [0.25, 0.3) is 0 Å². The molecule has 0 unspecified atom stereocenters. The minimum absolute atomic E-state index is 0. The molecule has 18 heavy (non-hydrogen) atoms. The Kier molecular flexibility index (Phi) is 5.30. The van der Waals surface area contributed by atoms with E-state index in [-0.39, 0.29) is 18.2 Å². The summed E-state index contributed by atoms with van der Waals surface area (Å²) in [4.78, 5) is 5.30. The summed E-state index contributed by atoms with van der Waals surface area (Å²) in [6.45, 7) is 0.381. The summed E-state index contributed by atoms with van der Waals surface area (Å²) < 4.78 is 0. The first-order chi connectivity index (χ1) is 8.25. The Labute approximate surface area is 112 Å². The molecule has 0 atom stereocenters. The van der Waals surface area contributed by atoms with Crippen LogP contribution in [0.5, 0.6) is 11.5 Å². The van der Waals surface area contributed by atoms with Crippen LogP contribution < -0.4 is 16.1 Å². The number of halogens is 1. The van der Waals surface area contributed by atoms with Gasteiger partial charge in [0.15, 0.2) is 0 Å². The SMILES string of the molecule is Cl.Nc1ccc(O)c(CNOc2ccccc2)c1. The van der Waals surface area contributed by atoms with Gasteiger partial charge in [-0.3, -0.25) is 0 Å². The molecular weight excluding hydrogens is 252 g/mol. The Morgan fingerprint density at radius 2 is 1.83 bits per heavy atom. The van der Waals surface area contributed by atoms with Crippen molar-refractivity contribution in [3.8, 4) is 11.5 Å². The van der Waals surface area contributed by atoms with E-state index in [1.54, 1.807) is 18.2 Å². The van der Waals surface area contributed by atoms with Crippen molar-refractivity contribution in [1.29, 1.82) is 0 Å². The molecule has 0 fully saturated rings. The number of benzene rings is 2. The minimum Gasteiger partial charge on any atom is -0.508 e. The summed E-state index contributed by atoms with van der Waals surface area (Å²) in [5.74, 6) is 0.916. The molecule has 96 valence electrons. The first-order valence-electron chi connectivity index (χ1n) is 5.28. The summed E-state index contributed by atoms with van der Waals surface area (Å²) in [6, 6.07) is 14.3. The van der Waals surface area contributed by atoms with Crippen molar-refractivity contribution in [2.75, 3.05) is 5.73 Å². The van der Waals surface area contributed by atoms with Gasteiger partial charge in [0.05, 0.1) is 6.54 Å². The maximum absolute atomic E-state index is 9.58. The van der Waals surface area contributed by atoms with Gasteiger partial charge in [-0.05, 0) is 30.3 Å². The second-order valence-electron chi connectivity index (χ2n) is 3.62. The van der Waals surface area contributed by atoms with Crippen molar-refractivity contribution in [1.82, 2.24) is 5.48 Å². The Morgan fingerprint density at radius 1 is 1.11 bits per heavy atom. The van der Waals surface area contributed by atoms with Gasteiger partial charge in [-0.1, -0.05) is 18.2 Å². The maximum Gasteiger partial charge on any atom is 0.147 e. The third-order valence-electron chi connectivity index (χ3n) is 2.30. The van der Waals surface area contributed by atoms with E-state index in [0.717, 1.165) is 5.75 Å². The summed E-state index contributed by atoms with van der Waals surface area (Å²) in [5.41, 5.74) is 9.71. The van der Waals surface area contributed by atoms with Crippen LogP contribution in [0.1, 0.15) is 5.56 Å². The van der Waals surface area contributed by atoms with Crippen molar-refractivity contribution >= 4 is 18.1 Å². The number of phenolic OH excluding ortho intramolecular Hbond substituents is 1. The van der Waals surface area contributed by atoms with Gasteiger partial charge in [0.25, 0.3) is 0 Å². The number of phenols is 1. The van der Waals surface area contributed by atoms with E-state index in [0.29, 0.717) is 17.8 Å². The zero-order valence-corrected chi connectivity index (χ0v) is 10.5. The predicted octanol–water partition coefficient (Wildman–Crippen LogP) is 2.48. The lowest BCUT2D eigenvalue weighted by Gasteiger charge is -2.08. The lowest BCUT2D eigenvalue weighted by Crippen LogP contribution is -2.17. The average molecular weight is 267 g/mol. The Balaban J connectivity index is 0.00000162. The molecular formula is C13H15ClN2O2. The van der Waals surface area contributed by atoms with Crippen LogP contribution in [-0.4, -0.2) is 5.11 Å². The molecule has 0 aliphatic heterocycles. The number of aromatic hydroxyl groups is 1. The quantitative estimate of drug-likeness (QED) is 0.452. The highest BCUT2D eigenvalue weighted by Gasteiger charge is 2.01. The number of para-hydroxylation sites is 1. The Morgan fingerprint density at radius 3 is 2.56 bits per heavy atom. The van der Waals surface area contributed by atoms with Crippen molar-refractivity contribution in [2.24, 2.45) is 0 Å². The van der Waals surface area contributed by atoms with E-state index in [4.69, 9.17) is 10.6 Å². The van der Waals surface area contributed by atoms with E-state index in [1.807, 2.05) is 30.3 Å². The van der Waals surface area contributed by atoms with Crippen LogP contribution in [-0.2, 0) is 6.54 Å². The number of nitrogens with two attached hydrogens (primary N) is 1. The van der Waals surface area contributed by atoms with Gasteiger partial charge in [0.2, 0.25) is 0 Å². The zero-order chi connectivity index (χ0) is 12.1. The smallest absolute Gasteiger partial charge is 0.147 e. The van der Waals surface area contributed by atoms with Crippen LogP contribution in [0.15, 0.2) is 48.5 Å². The summed E-state index contributed by atoms with van der Waals surface area (Å²) >= 11 is 0. The van der Waals surface area contributed by atoms with Gasteiger partial charge in [-0.25, -0.2) is 0 Å². The van der Waals surface area contributed by atoms with Crippen molar-refractivity contribution in [3.05, 3.63) is 54.1 Å². The normalized spacial score (nSPS) is 9.56. The Bertz CT molecular complexity index is 492. The first kappa shape index (κ1) is 14.2. The highest BCUT2D eigenvalue weighted by molar-refractivity contribution is 5.85. The van der Waals surface area contributed by atoms with Gasteiger partial charge in [0.1, 0.15) is 11.5 Å². The topological polar surface area (TPSA) is 67.5 Å². The highest BCUT2D eigenvalue weighted by atomic mass is 35.5.